The minimum Gasteiger partial charge on any atom is -0.354 e. The van der Waals surface area contributed by atoms with Gasteiger partial charge in [0.2, 0.25) is 5.91 Å². The summed E-state index contributed by atoms with van der Waals surface area (Å²) in [6.45, 7) is 8.85. The number of carbonyl (C=O) groups is 1. The second kappa shape index (κ2) is 8.83. The third-order valence-electron chi connectivity index (χ3n) is 6.57. The Morgan fingerprint density at radius 3 is 2.42 bits per heavy atom. The number of hydrogen-bond acceptors (Lipinski definition) is 3. The molecule has 1 aliphatic heterocycles. The van der Waals surface area contributed by atoms with Crippen LogP contribution in [0.5, 0.6) is 0 Å². The summed E-state index contributed by atoms with van der Waals surface area (Å²) in [5.74, 6) is 0.748. The van der Waals surface area contributed by atoms with Crippen molar-refractivity contribution in [1.82, 2.24) is 19.8 Å². The highest BCUT2D eigenvalue weighted by Crippen LogP contribution is 2.35. The average molecular weight is 419 g/mol. The van der Waals surface area contributed by atoms with Gasteiger partial charge in [-0.15, -0.1) is 0 Å². The molecule has 5 nitrogen and oxygen atoms in total. The molecule has 4 rings (SSSR count). The van der Waals surface area contributed by atoms with Gasteiger partial charge in [-0.3, -0.25) is 14.7 Å². The van der Waals surface area contributed by atoms with E-state index in [1.165, 1.54) is 33.3 Å². The first-order valence-corrected chi connectivity index (χ1v) is 11.4. The topological polar surface area (TPSA) is 52.2 Å². The van der Waals surface area contributed by atoms with Gasteiger partial charge in [-0.2, -0.15) is 0 Å². The number of H-pyrrole nitrogens is 1. The summed E-state index contributed by atoms with van der Waals surface area (Å²) in [4.78, 5) is 24.2. The molecule has 5 heteroatoms. The van der Waals surface area contributed by atoms with Crippen molar-refractivity contribution in [1.29, 1.82) is 0 Å². The largest absolute Gasteiger partial charge is 0.354 e. The number of carbonyl (C=O) groups excluding carboxylic acids is 1. The van der Waals surface area contributed by atoms with E-state index in [1.807, 2.05) is 14.1 Å². The van der Waals surface area contributed by atoms with Gasteiger partial charge in [0.15, 0.2) is 0 Å². The van der Waals surface area contributed by atoms with Crippen LogP contribution >= 0.6 is 0 Å². The monoisotopic (exact) mass is 418 g/mol. The van der Waals surface area contributed by atoms with Crippen LogP contribution in [0.2, 0.25) is 0 Å². The fourth-order valence-corrected chi connectivity index (χ4v) is 4.87. The van der Waals surface area contributed by atoms with Crippen molar-refractivity contribution in [3.8, 4) is 11.3 Å². The van der Waals surface area contributed by atoms with Crippen molar-refractivity contribution in [2.75, 3.05) is 33.7 Å². The molecule has 2 aromatic heterocycles. The first-order valence-electron chi connectivity index (χ1n) is 11.4. The van der Waals surface area contributed by atoms with Gasteiger partial charge in [0.25, 0.3) is 0 Å². The molecule has 0 unspecified atom stereocenters. The summed E-state index contributed by atoms with van der Waals surface area (Å²) in [6, 6.07) is 11.3. The van der Waals surface area contributed by atoms with Gasteiger partial charge in [-0.05, 0) is 87.5 Å². The van der Waals surface area contributed by atoms with Gasteiger partial charge in [0.05, 0.1) is 6.54 Å². The summed E-state index contributed by atoms with van der Waals surface area (Å²) in [7, 11) is 3.66. The lowest BCUT2D eigenvalue weighted by molar-refractivity contribution is -0.130. The number of amides is 1. The van der Waals surface area contributed by atoms with Crippen molar-refractivity contribution >= 4 is 16.8 Å². The number of likely N-dealkylation sites (tertiary alicyclic amines) is 1. The number of benzene rings is 1. The SMILES string of the molecule is CCc1c(-c2cc(C)nc(C)c2)[nH]c2ccc(C3CCN(CC(=O)N(C)C)CC3)cc12. The molecule has 1 N–H and O–H groups in total. The summed E-state index contributed by atoms with van der Waals surface area (Å²) in [6.07, 6.45) is 3.20. The number of aromatic amines is 1. The summed E-state index contributed by atoms with van der Waals surface area (Å²) >= 11 is 0. The van der Waals surface area contributed by atoms with Crippen LogP contribution in [0.1, 0.15) is 48.2 Å². The Labute approximate surface area is 185 Å². The zero-order chi connectivity index (χ0) is 22.1. The molecule has 1 fully saturated rings. The van der Waals surface area contributed by atoms with E-state index >= 15 is 0 Å². The quantitative estimate of drug-likeness (QED) is 0.655. The molecular formula is C26H34N4O. The number of aryl methyl sites for hydroxylation is 3. The number of likely N-dealkylation sites (N-methyl/N-ethyl adjacent to an activating group) is 1. The molecule has 3 aromatic rings. The highest BCUT2D eigenvalue weighted by Gasteiger charge is 2.23. The number of piperidine rings is 1. The molecule has 1 aromatic carbocycles. The second-order valence-corrected chi connectivity index (χ2v) is 9.11. The Balaban J connectivity index is 1.58. The van der Waals surface area contributed by atoms with Crippen molar-refractivity contribution in [2.24, 2.45) is 0 Å². The van der Waals surface area contributed by atoms with Crippen LogP contribution in [0.4, 0.5) is 0 Å². The third-order valence-corrected chi connectivity index (χ3v) is 6.57. The summed E-state index contributed by atoms with van der Waals surface area (Å²) in [5, 5.41) is 1.34. The van der Waals surface area contributed by atoms with Crippen LogP contribution in [0.25, 0.3) is 22.2 Å². The smallest absolute Gasteiger partial charge is 0.236 e. The molecule has 0 spiro atoms. The molecule has 3 heterocycles. The number of rotatable bonds is 5. The second-order valence-electron chi connectivity index (χ2n) is 9.11. The van der Waals surface area contributed by atoms with E-state index in [0.29, 0.717) is 12.5 Å². The van der Waals surface area contributed by atoms with Gasteiger partial charge in [0, 0.05) is 47.6 Å². The van der Waals surface area contributed by atoms with Crippen molar-refractivity contribution < 1.29 is 4.79 Å². The van der Waals surface area contributed by atoms with Gasteiger partial charge in [-0.1, -0.05) is 13.0 Å². The van der Waals surface area contributed by atoms with E-state index < -0.39 is 0 Å². The third kappa shape index (κ3) is 4.52. The zero-order valence-electron chi connectivity index (χ0n) is 19.5. The number of pyridine rings is 1. The Bertz CT molecular complexity index is 1070. The van der Waals surface area contributed by atoms with Gasteiger partial charge < -0.3 is 9.88 Å². The highest BCUT2D eigenvalue weighted by molar-refractivity contribution is 5.91. The molecule has 0 radical (unpaired) electrons. The van der Waals surface area contributed by atoms with Crippen LogP contribution in [-0.2, 0) is 11.2 Å². The first-order chi connectivity index (χ1) is 14.9. The van der Waals surface area contributed by atoms with Crippen molar-refractivity contribution in [3.63, 3.8) is 0 Å². The fraction of sp³-hybridized carbons (Fsp3) is 0.462. The van der Waals surface area contributed by atoms with Crippen LogP contribution in [0.15, 0.2) is 30.3 Å². The standard InChI is InChI=1S/C26H34N4O/c1-6-22-23-15-20(19-9-11-30(12-10-19)16-25(31)29(4)5)7-8-24(23)28-26(22)21-13-17(2)27-18(3)14-21/h7-8,13-15,19,28H,6,9-12,16H2,1-5H3. The predicted molar refractivity (Wildman–Crippen MR) is 127 cm³/mol. The Hall–Kier alpha value is -2.66. The molecule has 0 atom stereocenters. The lowest BCUT2D eigenvalue weighted by atomic mass is 9.88. The van der Waals surface area contributed by atoms with Gasteiger partial charge >= 0.3 is 0 Å². The van der Waals surface area contributed by atoms with Crippen LogP contribution in [0.3, 0.4) is 0 Å². The van der Waals surface area contributed by atoms with E-state index in [1.54, 1.807) is 4.90 Å². The van der Waals surface area contributed by atoms with Crippen molar-refractivity contribution in [2.45, 2.75) is 46.0 Å². The minimum atomic E-state index is 0.189. The lowest BCUT2D eigenvalue weighted by Gasteiger charge is -2.32. The first kappa shape index (κ1) is 21.6. The Kier molecular flexibility index (Phi) is 6.15. The summed E-state index contributed by atoms with van der Waals surface area (Å²) < 4.78 is 0. The molecule has 1 saturated heterocycles. The molecule has 0 bridgehead atoms. The Morgan fingerprint density at radius 1 is 1.13 bits per heavy atom. The van der Waals surface area contributed by atoms with Crippen LogP contribution in [0, 0.1) is 13.8 Å². The predicted octanol–water partition coefficient (Wildman–Crippen LogP) is 4.68. The molecule has 0 saturated carbocycles. The zero-order valence-corrected chi connectivity index (χ0v) is 19.5. The molecule has 164 valence electrons. The number of nitrogens with zero attached hydrogens (tertiary/aromatic N) is 3. The highest BCUT2D eigenvalue weighted by atomic mass is 16.2. The van der Waals surface area contributed by atoms with Crippen molar-refractivity contribution in [3.05, 3.63) is 52.8 Å². The van der Waals surface area contributed by atoms with E-state index in [9.17, 15) is 4.79 Å². The number of nitrogens with one attached hydrogen (secondary N) is 1. The molecule has 31 heavy (non-hydrogen) atoms. The number of fused-ring (bicyclic) bond motifs is 1. The molecule has 1 aliphatic rings. The fourth-order valence-electron chi connectivity index (χ4n) is 4.87. The normalized spacial score (nSPS) is 15.5. The summed E-state index contributed by atoms with van der Waals surface area (Å²) in [5.41, 5.74) is 8.56. The number of hydrogen-bond donors (Lipinski definition) is 1. The van der Waals surface area contributed by atoms with E-state index in [0.717, 1.165) is 43.7 Å². The minimum absolute atomic E-state index is 0.189. The lowest BCUT2D eigenvalue weighted by Crippen LogP contribution is -2.40. The Morgan fingerprint density at radius 2 is 1.81 bits per heavy atom. The van der Waals surface area contributed by atoms with E-state index in [2.05, 4.69) is 66.0 Å². The maximum absolute atomic E-state index is 12.0. The van der Waals surface area contributed by atoms with E-state index in [4.69, 9.17) is 0 Å². The average Bonchev–Trinajstić information content (AvgIpc) is 3.11. The molecule has 1 amide bonds. The number of aromatic nitrogens is 2. The van der Waals surface area contributed by atoms with E-state index in [-0.39, 0.29) is 5.91 Å². The maximum Gasteiger partial charge on any atom is 0.236 e. The molecular weight excluding hydrogens is 384 g/mol. The van der Waals surface area contributed by atoms with Crippen LogP contribution < -0.4 is 0 Å². The van der Waals surface area contributed by atoms with Gasteiger partial charge in [0.1, 0.15) is 0 Å². The van der Waals surface area contributed by atoms with Gasteiger partial charge in [-0.25, -0.2) is 0 Å². The maximum atomic E-state index is 12.0. The molecule has 0 aliphatic carbocycles. The van der Waals surface area contributed by atoms with Crippen LogP contribution in [-0.4, -0.2) is 59.4 Å².